The van der Waals surface area contributed by atoms with Crippen molar-refractivity contribution in [3.05, 3.63) is 47.5 Å². The molecule has 0 unspecified atom stereocenters. The summed E-state index contributed by atoms with van der Waals surface area (Å²) in [6, 6.07) is 8.91. The van der Waals surface area contributed by atoms with E-state index in [0.29, 0.717) is 0 Å². The van der Waals surface area contributed by atoms with Gasteiger partial charge >= 0.3 is 5.97 Å². The lowest BCUT2D eigenvalue weighted by Gasteiger charge is -2.08. The molecule has 3 heterocycles. The maximum atomic E-state index is 11.5. The Balaban J connectivity index is 1.92. The van der Waals surface area contributed by atoms with Crippen LogP contribution in [0.25, 0.3) is 32.0 Å². The van der Waals surface area contributed by atoms with E-state index in [9.17, 15) is 9.90 Å². The minimum Gasteiger partial charge on any atom is -0.478 e. The molecule has 29 heavy (non-hydrogen) atoms. The molecular weight excluding hydrogens is 422 g/mol. The maximum Gasteiger partial charge on any atom is 0.335 e. The molecule has 0 amide bonds. The maximum absolute atomic E-state index is 11.5. The predicted octanol–water partition coefficient (Wildman–Crippen LogP) is 6.26. The number of benzene rings is 1. The topological polar surface area (TPSA) is 89.1 Å². The summed E-state index contributed by atoms with van der Waals surface area (Å²) in [5, 5.41) is 13.0. The molecule has 8 heteroatoms. The SMILES string of the molecule is CCCCSc1sc2nc(-c3nccs3)cc(-c3cccc(C(=O)O)c3)c2c1N. The van der Waals surface area contributed by atoms with Crippen molar-refractivity contribution in [2.75, 3.05) is 11.5 Å². The van der Waals surface area contributed by atoms with E-state index in [2.05, 4.69) is 11.9 Å². The Hall–Kier alpha value is -2.42. The van der Waals surface area contributed by atoms with Crippen molar-refractivity contribution in [3.8, 4) is 21.8 Å². The van der Waals surface area contributed by atoms with Crippen LogP contribution in [-0.2, 0) is 0 Å². The Labute approximate surface area is 180 Å². The van der Waals surface area contributed by atoms with Crippen LogP contribution in [0.3, 0.4) is 0 Å². The number of fused-ring (bicyclic) bond motifs is 1. The first-order valence-electron chi connectivity index (χ1n) is 9.18. The predicted molar refractivity (Wildman–Crippen MR) is 123 cm³/mol. The number of carboxylic acids is 1. The number of aromatic nitrogens is 2. The fourth-order valence-electron chi connectivity index (χ4n) is 3.02. The number of thioether (sulfide) groups is 1. The Morgan fingerprint density at radius 2 is 2.17 bits per heavy atom. The molecule has 4 rings (SSSR count). The third kappa shape index (κ3) is 4.01. The molecule has 0 saturated carbocycles. The highest BCUT2D eigenvalue weighted by Gasteiger charge is 2.19. The normalized spacial score (nSPS) is 11.2. The molecule has 4 aromatic rings. The van der Waals surface area contributed by atoms with Crippen LogP contribution < -0.4 is 5.73 Å². The molecule has 0 atom stereocenters. The average molecular weight is 442 g/mol. The van der Waals surface area contributed by atoms with Crippen molar-refractivity contribution in [3.63, 3.8) is 0 Å². The van der Waals surface area contributed by atoms with Crippen LogP contribution in [0.1, 0.15) is 30.1 Å². The molecule has 0 aliphatic heterocycles. The van der Waals surface area contributed by atoms with E-state index in [1.54, 1.807) is 47.5 Å². The molecule has 1 aromatic carbocycles. The second kappa shape index (κ2) is 8.52. The van der Waals surface area contributed by atoms with Gasteiger partial charge in [0.05, 0.1) is 15.5 Å². The standard InChI is InChI=1S/C21H19N3O2S3/c1-2-3-8-28-21-17(22)16-14(12-5-4-6-13(10-12)20(25)26)11-15(24-19(16)29-21)18-23-7-9-27-18/h4-7,9-11H,2-3,8,22H2,1H3,(H,25,26). The minimum atomic E-state index is -0.952. The molecule has 0 aliphatic rings. The van der Waals surface area contributed by atoms with Gasteiger partial charge in [0.1, 0.15) is 15.5 Å². The number of thiophene rings is 1. The highest BCUT2D eigenvalue weighted by Crippen LogP contribution is 2.45. The van der Waals surface area contributed by atoms with Gasteiger partial charge in [0, 0.05) is 17.0 Å². The highest BCUT2D eigenvalue weighted by atomic mass is 32.2. The quantitative estimate of drug-likeness (QED) is 0.260. The molecule has 0 saturated heterocycles. The lowest BCUT2D eigenvalue weighted by Crippen LogP contribution is -1.96. The number of rotatable bonds is 7. The summed E-state index contributed by atoms with van der Waals surface area (Å²) < 4.78 is 1.06. The van der Waals surface area contributed by atoms with Crippen LogP contribution in [0.2, 0.25) is 0 Å². The average Bonchev–Trinajstić information content (AvgIpc) is 3.36. The number of hydrogen-bond acceptors (Lipinski definition) is 7. The molecule has 0 aliphatic carbocycles. The summed E-state index contributed by atoms with van der Waals surface area (Å²) >= 11 is 4.88. The highest BCUT2D eigenvalue weighted by molar-refractivity contribution is 8.01. The van der Waals surface area contributed by atoms with Crippen LogP contribution in [0.15, 0.2) is 46.1 Å². The number of anilines is 1. The molecular formula is C21H19N3O2S3. The fourth-order valence-corrected chi connectivity index (χ4v) is 6.07. The van der Waals surface area contributed by atoms with Crippen LogP contribution in [0.5, 0.6) is 0 Å². The number of thiazole rings is 1. The van der Waals surface area contributed by atoms with E-state index in [4.69, 9.17) is 10.7 Å². The number of unbranched alkanes of at least 4 members (excludes halogenated alkanes) is 1. The van der Waals surface area contributed by atoms with E-state index in [-0.39, 0.29) is 5.56 Å². The molecule has 148 valence electrons. The van der Waals surface area contributed by atoms with Gasteiger partial charge < -0.3 is 10.8 Å². The van der Waals surface area contributed by atoms with Gasteiger partial charge in [-0.1, -0.05) is 25.5 Å². The Morgan fingerprint density at radius 1 is 1.31 bits per heavy atom. The number of carboxylic acid groups (broad SMARTS) is 1. The third-order valence-electron chi connectivity index (χ3n) is 4.47. The van der Waals surface area contributed by atoms with Crippen LogP contribution in [0, 0.1) is 0 Å². The summed E-state index contributed by atoms with van der Waals surface area (Å²) in [5.41, 5.74) is 9.98. The van der Waals surface area contributed by atoms with Gasteiger partial charge in [0.2, 0.25) is 0 Å². The molecule has 3 N–H and O–H groups in total. The van der Waals surface area contributed by atoms with E-state index >= 15 is 0 Å². The third-order valence-corrected chi connectivity index (χ3v) is 7.74. The summed E-state index contributed by atoms with van der Waals surface area (Å²) in [7, 11) is 0. The lowest BCUT2D eigenvalue weighted by molar-refractivity contribution is 0.0697. The molecule has 5 nitrogen and oxygen atoms in total. The zero-order chi connectivity index (χ0) is 20.4. The van der Waals surface area contributed by atoms with Gasteiger partial charge in [0.15, 0.2) is 0 Å². The first kappa shape index (κ1) is 19.9. The number of hydrogen-bond donors (Lipinski definition) is 2. The van der Waals surface area contributed by atoms with Crippen molar-refractivity contribution in [2.45, 2.75) is 24.0 Å². The minimum absolute atomic E-state index is 0.245. The molecule has 0 spiro atoms. The molecule has 0 fully saturated rings. The number of nitrogen functional groups attached to an aromatic ring is 1. The number of nitrogens with two attached hydrogens (primary N) is 1. The summed E-state index contributed by atoms with van der Waals surface area (Å²) in [5.74, 6) is 0.0582. The number of carbonyl (C=O) groups is 1. The Bertz CT molecular complexity index is 1170. The number of aromatic carboxylic acids is 1. The number of pyridine rings is 1. The Morgan fingerprint density at radius 3 is 2.90 bits per heavy atom. The largest absolute Gasteiger partial charge is 0.478 e. The first-order chi connectivity index (χ1) is 14.1. The first-order valence-corrected chi connectivity index (χ1v) is 11.9. The molecule has 0 radical (unpaired) electrons. The van der Waals surface area contributed by atoms with Gasteiger partial charge in [-0.15, -0.1) is 34.4 Å². The second-order valence-electron chi connectivity index (χ2n) is 6.46. The van der Waals surface area contributed by atoms with E-state index in [1.807, 2.05) is 17.5 Å². The zero-order valence-electron chi connectivity index (χ0n) is 15.7. The molecule has 0 bridgehead atoms. The van der Waals surface area contributed by atoms with Crippen LogP contribution in [0.4, 0.5) is 5.69 Å². The summed E-state index contributed by atoms with van der Waals surface area (Å²) in [4.78, 5) is 21.5. The van der Waals surface area contributed by atoms with Gasteiger partial charge in [-0.25, -0.2) is 14.8 Å². The number of nitrogens with zero attached hydrogens (tertiary/aromatic N) is 2. The fraction of sp³-hybridized carbons (Fsp3) is 0.190. The second-order valence-corrected chi connectivity index (χ2v) is 9.72. The smallest absolute Gasteiger partial charge is 0.335 e. The molecule has 3 aromatic heterocycles. The van der Waals surface area contributed by atoms with Crippen molar-refractivity contribution in [2.24, 2.45) is 0 Å². The summed E-state index contributed by atoms with van der Waals surface area (Å²) in [6.45, 7) is 2.17. The summed E-state index contributed by atoms with van der Waals surface area (Å²) in [6.07, 6.45) is 4.02. The van der Waals surface area contributed by atoms with E-state index in [1.165, 1.54) is 11.3 Å². The Kier molecular flexibility index (Phi) is 5.84. The van der Waals surface area contributed by atoms with E-state index < -0.39 is 5.97 Å². The van der Waals surface area contributed by atoms with Crippen molar-refractivity contribution < 1.29 is 9.90 Å². The van der Waals surface area contributed by atoms with Gasteiger partial charge in [-0.3, -0.25) is 0 Å². The van der Waals surface area contributed by atoms with E-state index in [0.717, 1.165) is 60.5 Å². The van der Waals surface area contributed by atoms with Crippen molar-refractivity contribution in [1.29, 1.82) is 0 Å². The van der Waals surface area contributed by atoms with Crippen LogP contribution in [-0.4, -0.2) is 26.8 Å². The van der Waals surface area contributed by atoms with Gasteiger partial charge in [0.25, 0.3) is 0 Å². The lowest BCUT2D eigenvalue weighted by atomic mass is 10.00. The van der Waals surface area contributed by atoms with Gasteiger partial charge in [-0.2, -0.15) is 0 Å². The van der Waals surface area contributed by atoms with Crippen molar-refractivity contribution in [1.82, 2.24) is 9.97 Å². The van der Waals surface area contributed by atoms with Crippen LogP contribution >= 0.6 is 34.4 Å². The van der Waals surface area contributed by atoms with Gasteiger partial charge in [-0.05, 0) is 41.5 Å². The zero-order valence-corrected chi connectivity index (χ0v) is 18.2. The monoisotopic (exact) mass is 441 g/mol. The van der Waals surface area contributed by atoms with Crippen molar-refractivity contribution >= 4 is 56.3 Å².